The summed E-state index contributed by atoms with van der Waals surface area (Å²) in [4.78, 5) is 13.4. The van der Waals surface area contributed by atoms with Crippen molar-refractivity contribution >= 4 is 16.9 Å². The lowest BCUT2D eigenvalue weighted by atomic mass is 9.97. The molecular formula is C21H21FN2O2. The third kappa shape index (κ3) is 3.22. The van der Waals surface area contributed by atoms with Crippen LogP contribution in [0.5, 0.6) is 0 Å². The summed E-state index contributed by atoms with van der Waals surface area (Å²) >= 11 is 0. The van der Waals surface area contributed by atoms with E-state index in [1.807, 2.05) is 42.5 Å². The predicted octanol–water partition coefficient (Wildman–Crippen LogP) is 4.07. The number of carboxylic acids is 1. The van der Waals surface area contributed by atoms with Crippen LogP contribution >= 0.6 is 0 Å². The molecule has 1 aromatic heterocycles. The molecule has 0 atom stereocenters. The summed E-state index contributed by atoms with van der Waals surface area (Å²) in [5, 5.41) is 10.0. The van der Waals surface area contributed by atoms with Gasteiger partial charge in [-0.25, -0.2) is 4.39 Å². The topological polar surface area (TPSA) is 45.5 Å². The van der Waals surface area contributed by atoms with Crippen molar-refractivity contribution in [1.82, 2.24) is 9.47 Å². The molecule has 0 bridgehead atoms. The first kappa shape index (κ1) is 16.8. The first-order valence-corrected chi connectivity index (χ1v) is 8.92. The van der Waals surface area contributed by atoms with E-state index in [1.54, 1.807) is 6.07 Å². The van der Waals surface area contributed by atoms with E-state index in [-0.39, 0.29) is 11.7 Å². The smallest absolute Gasteiger partial charge is 0.306 e. The summed E-state index contributed by atoms with van der Waals surface area (Å²) in [7, 11) is 0. The zero-order valence-corrected chi connectivity index (χ0v) is 14.4. The van der Waals surface area contributed by atoms with Crippen molar-refractivity contribution in [3.63, 3.8) is 0 Å². The summed E-state index contributed by atoms with van der Waals surface area (Å²) in [6.07, 6.45) is 1.35. The number of likely N-dealkylation sites (tertiary alicyclic amines) is 1. The molecule has 1 saturated heterocycles. The van der Waals surface area contributed by atoms with E-state index >= 15 is 0 Å². The Labute approximate surface area is 151 Å². The number of piperidine rings is 1. The van der Waals surface area contributed by atoms with Crippen LogP contribution in [0.1, 0.15) is 18.5 Å². The molecule has 0 aliphatic carbocycles. The maximum absolute atomic E-state index is 13.7. The Kier molecular flexibility index (Phi) is 4.47. The Hall–Kier alpha value is -2.66. The van der Waals surface area contributed by atoms with Crippen molar-refractivity contribution in [2.24, 2.45) is 5.92 Å². The number of aliphatic carboxylic acids is 1. The van der Waals surface area contributed by atoms with Gasteiger partial charge in [-0.2, -0.15) is 0 Å². The Morgan fingerprint density at radius 1 is 1.08 bits per heavy atom. The first-order chi connectivity index (χ1) is 12.6. The molecule has 1 aliphatic heterocycles. The van der Waals surface area contributed by atoms with Crippen LogP contribution in [0.3, 0.4) is 0 Å². The molecule has 1 aliphatic rings. The zero-order chi connectivity index (χ0) is 18.1. The third-order valence-corrected chi connectivity index (χ3v) is 5.18. The number of aromatic nitrogens is 1. The third-order valence-electron chi connectivity index (χ3n) is 5.18. The average Bonchev–Trinajstić information content (AvgIpc) is 2.99. The van der Waals surface area contributed by atoms with Gasteiger partial charge < -0.3 is 9.67 Å². The number of nitrogens with zero attached hydrogens (tertiary/aromatic N) is 2. The Morgan fingerprint density at radius 3 is 2.50 bits per heavy atom. The SMILES string of the molecule is O=C(O)C1CCN(Cc2cc3cc(F)ccc3n2-c2ccccc2)CC1. The van der Waals surface area contributed by atoms with Crippen molar-refractivity contribution in [1.29, 1.82) is 0 Å². The lowest BCUT2D eigenvalue weighted by Gasteiger charge is -2.30. The molecule has 4 nitrogen and oxygen atoms in total. The number of carboxylic acid groups (broad SMARTS) is 1. The van der Waals surface area contributed by atoms with Gasteiger partial charge in [0.15, 0.2) is 0 Å². The van der Waals surface area contributed by atoms with Crippen molar-refractivity contribution in [3.8, 4) is 5.69 Å². The minimum atomic E-state index is -0.696. The normalized spacial score (nSPS) is 16.2. The van der Waals surface area contributed by atoms with Gasteiger partial charge in [-0.15, -0.1) is 0 Å². The van der Waals surface area contributed by atoms with Gasteiger partial charge in [-0.05, 0) is 62.3 Å². The number of fused-ring (bicyclic) bond motifs is 1. The highest BCUT2D eigenvalue weighted by atomic mass is 19.1. The largest absolute Gasteiger partial charge is 0.481 e. The van der Waals surface area contributed by atoms with E-state index in [1.165, 1.54) is 6.07 Å². The van der Waals surface area contributed by atoms with Crippen molar-refractivity contribution < 1.29 is 14.3 Å². The lowest BCUT2D eigenvalue weighted by Crippen LogP contribution is -2.36. The summed E-state index contributed by atoms with van der Waals surface area (Å²) in [6, 6.07) is 17.0. The van der Waals surface area contributed by atoms with Gasteiger partial charge in [0, 0.05) is 23.3 Å². The number of hydrogen-bond donors (Lipinski definition) is 1. The summed E-state index contributed by atoms with van der Waals surface area (Å²) < 4.78 is 15.8. The molecule has 134 valence electrons. The highest BCUT2D eigenvalue weighted by Crippen LogP contribution is 2.27. The number of hydrogen-bond acceptors (Lipinski definition) is 2. The molecular weight excluding hydrogens is 331 g/mol. The first-order valence-electron chi connectivity index (χ1n) is 8.92. The molecule has 26 heavy (non-hydrogen) atoms. The standard InChI is InChI=1S/C21H21FN2O2/c22-17-6-7-20-16(12-17)13-19(24(20)18-4-2-1-3-5-18)14-23-10-8-15(9-11-23)21(25)26/h1-7,12-13,15H,8-11,14H2,(H,25,26). The molecule has 0 amide bonds. The zero-order valence-electron chi connectivity index (χ0n) is 14.4. The fourth-order valence-corrected chi connectivity index (χ4v) is 3.81. The van der Waals surface area contributed by atoms with Gasteiger partial charge in [-0.3, -0.25) is 9.69 Å². The van der Waals surface area contributed by atoms with Gasteiger partial charge in [0.1, 0.15) is 5.82 Å². The Bertz CT molecular complexity index is 928. The van der Waals surface area contributed by atoms with E-state index in [4.69, 9.17) is 0 Å². The molecule has 0 saturated carbocycles. The lowest BCUT2D eigenvalue weighted by molar-refractivity contribution is -0.143. The van der Waals surface area contributed by atoms with Crippen LogP contribution in [-0.2, 0) is 11.3 Å². The van der Waals surface area contributed by atoms with Crippen LogP contribution in [0, 0.1) is 11.7 Å². The monoisotopic (exact) mass is 352 g/mol. The molecule has 5 heteroatoms. The van der Waals surface area contributed by atoms with Gasteiger partial charge in [0.05, 0.1) is 11.4 Å². The van der Waals surface area contributed by atoms with Crippen LogP contribution in [-0.4, -0.2) is 33.6 Å². The summed E-state index contributed by atoms with van der Waals surface area (Å²) in [6.45, 7) is 2.25. The highest BCUT2D eigenvalue weighted by molar-refractivity contribution is 5.83. The van der Waals surface area contributed by atoms with Crippen LogP contribution in [0.25, 0.3) is 16.6 Å². The fraction of sp³-hybridized carbons (Fsp3) is 0.286. The molecule has 4 rings (SSSR count). The number of carbonyl (C=O) groups is 1. The van der Waals surface area contributed by atoms with E-state index in [0.29, 0.717) is 12.8 Å². The number of benzene rings is 2. The molecule has 0 spiro atoms. The van der Waals surface area contributed by atoms with Gasteiger partial charge in [0.2, 0.25) is 0 Å². The number of rotatable bonds is 4. The predicted molar refractivity (Wildman–Crippen MR) is 98.9 cm³/mol. The van der Waals surface area contributed by atoms with Crippen LogP contribution in [0.2, 0.25) is 0 Å². The maximum Gasteiger partial charge on any atom is 0.306 e. The molecule has 2 aromatic carbocycles. The number of para-hydroxylation sites is 1. The van der Waals surface area contributed by atoms with E-state index < -0.39 is 5.97 Å². The average molecular weight is 352 g/mol. The van der Waals surface area contributed by atoms with Crippen LogP contribution in [0.4, 0.5) is 4.39 Å². The van der Waals surface area contributed by atoms with E-state index in [0.717, 1.165) is 41.9 Å². The second-order valence-corrected chi connectivity index (χ2v) is 6.90. The molecule has 3 aromatic rings. The Balaban J connectivity index is 1.67. The van der Waals surface area contributed by atoms with E-state index in [9.17, 15) is 14.3 Å². The van der Waals surface area contributed by atoms with Crippen molar-refractivity contribution in [2.75, 3.05) is 13.1 Å². The highest BCUT2D eigenvalue weighted by Gasteiger charge is 2.25. The van der Waals surface area contributed by atoms with Gasteiger partial charge >= 0.3 is 5.97 Å². The molecule has 0 radical (unpaired) electrons. The second-order valence-electron chi connectivity index (χ2n) is 6.90. The van der Waals surface area contributed by atoms with Crippen molar-refractivity contribution in [2.45, 2.75) is 19.4 Å². The summed E-state index contributed by atoms with van der Waals surface area (Å²) in [5.74, 6) is -1.17. The minimum Gasteiger partial charge on any atom is -0.481 e. The molecule has 0 unspecified atom stereocenters. The minimum absolute atomic E-state index is 0.236. The molecule has 2 heterocycles. The Morgan fingerprint density at radius 2 is 1.81 bits per heavy atom. The quantitative estimate of drug-likeness (QED) is 0.770. The van der Waals surface area contributed by atoms with Crippen LogP contribution < -0.4 is 0 Å². The summed E-state index contributed by atoms with van der Waals surface area (Å²) in [5.41, 5.74) is 3.11. The maximum atomic E-state index is 13.7. The second kappa shape index (κ2) is 6.92. The fourth-order valence-electron chi connectivity index (χ4n) is 3.81. The number of halogens is 1. The van der Waals surface area contributed by atoms with Crippen LogP contribution in [0.15, 0.2) is 54.6 Å². The van der Waals surface area contributed by atoms with E-state index in [2.05, 4.69) is 9.47 Å². The van der Waals surface area contributed by atoms with Crippen molar-refractivity contribution in [3.05, 3.63) is 66.1 Å². The molecule has 1 N–H and O–H groups in total. The molecule has 1 fully saturated rings. The van der Waals surface area contributed by atoms with Gasteiger partial charge in [-0.1, -0.05) is 18.2 Å². The van der Waals surface area contributed by atoms with Gasteiger partial charge in [0.25, 0.3) is 0 Å².